The third kappa shape index (κ3) is 1.56. The minimum Gasteiger partial charge on any atom is -0.481 e. The Kier molecular flexibility index (Phi) is 2.43. The molecule has 0 amide bonds. The molecule has 0 heterocycles. The van der Waals surface area contributed by atoms with Gasteiger partial charge < -0.3 is 5.11 Å². The summed E-state index contributed by atoms with van der Waals surface area (Å²) in [5.74, 6) is -0.806. The Morgan fingerprint density at radius 3 is 2.33 bits per heavy atom. The van der Waals surface area contributed by atoms with Crippen LogP contribution >= 0.6 is 0 Å². The van der Waals surface area contributed by atoms with E-state index in [1.807, 2.05) is 6.92 Å². The summed E-state index contributed by atoms with van der Waals surface area (Å²) in [6.45, 7) is 6.93. The van der Waals surface area contributed by atoms with Gasteiger partial charge in [0.15, 0.2) is 0 Å². The highest BCUT2D eigenvalue weighted by molar-refractivity contribution is 5.76. The van der Waals surface area contributed by atoms with Crippen molar-refractivity contribution in [3.8, 4) is 0 Å². The first-order valence-electron chi connectivity index (χ1n) is 2.94. The summed E-state index contributed by atoms with van der Waals surface area (Å²) < 4.78 is 0. The molecule has 0 unspecified atom stereocenters. The van der Waals surface area contributed by atoms with Gasteiger partial charge in [-0.2, -0.15) is 0 Å². The molecule has 2 heteroatoms. The molecule has 0 rings (SSSR count). The Labute approximate surface area is 55.2 Å². The van der Waals surface area contributed by atoms with Crippen molar-refractivity contribution in [3.05, 3.63) is 12.7 Å². The van der Waals surface area contributed by atoms with Crippen LogP contribution in [0.4, 0.5) is 0 Å². The molecule has 0 spiro atoms. The van der Waals surface area contributed by atoms with E-state index >= 15 is 0 Å². The van der Waals surface area contributed by atoms with E-state index < -0.39 is 11.4 Å². The SMILES string of the molecule is C=C[C@](C)(CC)C(=O)O. The van der Waals surface area contributed by atoms with Crippen molar-refractivity contribution < 1.29 is 9.90 Å². The quantitative estimate of drug-likeness (QED) is 0.587. The predicted octanol–water partition coefficient (Wildman–Crippen LogP) is 1.67. The third-order valence-corrected chi connectivity index (χ3v) is 1.67. The van der Waals surface area contributed by atoms with E-state index in [1.165, 1.54) is 6.08 Å². The standard InChI is InChI=1S/C7H12O2/c1-4-7(3,5-2)6(8)9/h4H,1,5H2,2-3H3,(H,8,9)/t7-/m1/s1. The van der Waals surface area contributed by atoms with E-state index in [2.05, 4.69) is 6.58 Å². The Bertz CT molecular complexity index is 129. The third-order valence-electron chi connectivity index (χ3n) is 1.67. The van der Waals surface area contributed by atoms with E-state index in [-0.39, 0.29) is 0 Å². The first-order chi connectivity index (χ1) is 4.06. The Balaban J connectivity index is 4.27. The fourth-order valence-electron chi connectivity index (χ4n) is 0.383. The van der Waals surface area contributed by atoms with Crippen LogP contribution in [0.2, 0.25) is 0 Å². The lowest BCUT2D eigenvalue weighted by Gasteiger charge is -2.16. The molecular formula is C7H12O2. The van der Waals surface area contributed by atoms with Crippen molar-refractivity contribution in [2.75, 3.05) is 0 Å². The largest absolute Gasteiger partial charge is 0.481 e. The van der Waals surface area contributed by atoms with Gasteiger partial charge in [-0.05, 0) is 13.3 Å². The summed E-state index contributed by atoms with van der Waals surface area (Å²) in [4.78, 5) is 10.4. The normalized spacial score (nSPS) is 16.2. The molecule has 1 atom stereocenters. The van der Waals surface area contributed by atoms with Crippen LogP contribution in [-0.2, 0) is 4.79 Å². The molecule has 0 aliphatic heterocycles. The van der Waals surface area contributed by atoms with Crippen molar-refractivity contribution >= 4 is 5.97 Å². The topological polar surface area (TPSA) is 37.3 Å². The van der Waals surface area contributed by atoms with E-state index in [9.17, 15) is 4.79 Å². The second-order valence-electron chi connectivity index (χ2n) is 2.28. The van der Waals surface area contributed by atoms with Crippen LogP contribution in [0, 0.1) is 5.41 Å². The van der Waals surface area contributed by atoms with Crippen LogP contribution in [0.25, 0.3) is 0 Å². The monoisotopic (exact) mass is 128 g/mol. The van der Waals surface area contributed by atoms with Crippen molar-refractivity contribution in [2.24, 2.45) is 5.41 Å². The lowest BCUT2D eigenvalue weighted by Crippen LogP contribution is -2.23. The molecule has 0 aliphatic carbocycles. The summed E-state index contributed by atoms with van der Waals surface area (Å²) in [7, 11) is 0. The van der Waals surface area contributed by atoms with Crippen molar-refractivity contribution in [3.63, 3.8) is 0 Å². The first kappa shape index (κ1) is 8.21. The van der Waals surface area contributed by atoms with Gasteiger partial charge in [-0.25, -0.2) is 0 Å². The fourth-order valence-corrected chi connectivity index (χ4v) is 0.383. The van der Waals surface area contributed by atoms with Crippen molar-refractivity contribution in [1.82, 2.24) is 0 Å². The Morgan fingerprint density at radius 2 is 2.33 bits per heavy atom. The molecule has 9 heavy (non-hydrogen) atoms. The van der Waals surface area contributed by atoms with Gasteiger partial charge in [0.25, 0.3) is 0 Å². The Morgan fingerprint density at radius 1 is 1.89 bits per heavy atom. The summed E-state index contributed by atoms with van der Waals surface area (Å²) in [6.07, 6.45) is 2.06. The minimum atomic E-state index is -0.806. The van der Waals surface area contributed by atoms with Crippen molar-refractivity contribution in [1.29, 1.82) is 0 Å². The lowest BCUT2D eigenvalue weighted by molar-refractivity contribution is -0.145. The molecule has 0 saturated carbocycles. The molecule has 0 aromatic heterocycles. The molecule has 0 radical (unpaired) electrons. The fraction of sp³-hybridized carbons (Fsp3) is 0.571. The van der Waals surface area contributed by atoms with E-state index in [0.29, 0.717) is 6.42 Å². The highest BCUT2D eigenvalue weighted by Gasteiger charge is 2.26. The average molecular weight is 128 g/mol. The zero-order valence-corrected chi connectivity index (χ0v) is 5.85. The molecule has 0 saturated heterocycles. The van der Waals surface area contributed by atoms with Crippen LogP contribution in [-0.4, -0.2) is 11.1 Å². The molecule has 52 valence electrons. The number of hydrogen-bond acceptors (Lipinski definition) is 1. The van der Waals surface area contributed by atoms with Crippen LogP contribution in [0.5, 0.6) is 0 Å². The molecule has 0 bridgehead atoms. The molecule has 0 aromatic carbocycles. The molecule has 0 aliphatic rings. The van der Waals surface area contributed by atoms with E-state index in [4.69, 9.17) is 5.11 Å². The maximum Gasteiger partial charge on any atom is 0.313 e. The summed E-state index contributed by atoms with van der Waals surface area (Å²) in [5, 5.41) is 8.56. The first-order valence-corrected chi connectivity index (χ1v) is 2.94. The van der Waals surface area contributed by atoms with Crippen LogP contribution in [0.3, 0.4) is 0 Å². The number of hydrogen-bond donors (Lipinski definition) is 1. The van der Waals surface area contributed by atoms with E-state index in [1.54, 1.807) is 6.92 Å². The maximum absolute atomic E-state index is 10.4. The van der Waals surface area contributed by atoms with Gasteiger partial charge >= 0.3 is 5.97 Å². The zero-order chi connectivity index (χ0) is 7.49. The highest BCUT2D eigenvalue weighted by atomic mass is 16.4. The lowest BCUT2D eigenvalue weighted by atomic mass is 9.88. The van der Waals surface area contributed by atoms with Crippen LogP contribution in [0.15, 0.2) is 12.7 Å². The smallest absolute Gasteiger partial charge is 0.313 e. The molecular weight excluding hydrogens is 116 g/mol. The van der Waals surface area contributed by atoms with Crippen LogP contribution in [0.1, 0.15) is 20.3 Å². The zero-order valence-electron chi connectivity index (χ0n) is 5.85. The second kappa shape index (κ2) is 2.67. The minimum absolute atomic E-state index is 0.589. The molecule has 0 fully saturated rings. The van der Waals surface area contributed by atoms with Gasteiger partial charge in [0.05, 0.1) is 5.41 Å². The van der Waals surface area contributed by atoms with Gasteiger partial charge in [0.2, 0.25) is 0 Å². The Hall–Kier alpha value is -0.790. The van der Waals surface area contributed by atoms with E-state index in [0.717, 1.165) is 0 Å². The number of carboxylic acid groups (broad SMARTS) is 1. The predicted molar refractivity (Wildman–Crippen MR) is 36.2 cm³/mol. The highest BCUT2D eigenvalue weighted by Crippen LogP contribution is 2.21. The summed E-state index contributed by atoms with van der Waals surface area (Å²) in [5.41, 5.74) is -0.736. The van der Waals surface area contributed by atoms with Gasteiger partial charge in [-0.1, -0.05) is 13.0 Å². The number of aliphatic carboxylic acids is 1. The number of carbonyl (C=O) groups is 1. The molecule has 2 nitrogen and oxygen atoms in total. The second-order valence-corrected chi connectivity index (χ2v) is 2.28. The average Bonchev–Trinajstić information content (AvgIpc) is 1.86. The summed E-state index contributed by atoms with van der Waals surface area (Å²) >= 11 is 0. The maximum atomic E-state index is 10.4. The van der Waals surface area contributed by atoms with Crippen LogP contribution < -0.4 is 0 Å². The van der Waals surface area contributed by atoms with Gasteiger partial charge in [-0.15, -0.1) is 6.58 Å². The van der Waals surface area contributed by atoms with Gasteiger partial charge in [-0.3, -0.25) is 4.79 Å². The molecule has 0 aromatic rings. The summed E-state index contributed by atoms with van der Waals surface area (Å²) in [6, 6.07) is 0. The van der Waals surface area contributed by atoms with Gasteiger partial charge in [0.1, 0.15) is 0 Å². The number of carboxylic acids is 1. The van der Waals surface area contributed by atoms with Crippen molar-refractivity contribution in [2.45, 2.75) is 20.3 Å². The van der Waals surface area contributed by atoms with Gasteiger partial charge in [0, 0.05) is 0 Å². The number of rotatable bonds is 3. The molecule has 1 N–H and O–H groups in total.